The third-order valence-electron chi connectivity index (χ3n) is 6.23. The lowest BCUT2D eigenvalue weighted by Gasteiger charge is -2.25. The Hall–Kier alpha value is -4.41. The van der Waals surface area contributed by atoms with Gasteiger partial charge >= 0.3 is 11.9 Å². The summed E-state index contributed by atoms with van der Waals surface area (Å²) in [5, 5.41) is 9.52. The highest BCUT2D eigenvalue weighted by molar-refractivity contribution is 7.07. The number of hydrogen-bond acceptors (Lipinski definition) is 8. The predicted octanol–water partition coefficient (Wildman–Crippen LogP) is 4.03. The van der Waals surface area contributed by atoms with Crippen LogP contribution in [0, 0.1) is 0 Å². The number of thiazole rings is 1. The molecule has 1 N–H and O–H groups in total. The highest BCUT2D eigenvalue weighted by Crippen LogP contribution is 2.37. The fraction of sp³-hybridized carbons (Fsp3) is 0.143. The zero-order chi connectivity index (χ0) is 27.8. The first kappa shape index (κ1) is 26.2. The average Bonchev–Trinajstić information content (AvgIpc) is 3.51. The van der Waals surface area contributed by atoms with Crippen molar-refractivity contribution in [1.82, 2.24) is 4.57 Å². The topological polar surface area (TPSA) is 120 Å². The molecule has 4 aromatic rings. The Bertz CT molecular complexity index is 1830. The van der Waals surface area contributed by atoms with Crippen LogP contribution in [0.2, 0.25) is 5.02 Å². The van der Waals surface area contributed by atoms with Crippen LogP contribution in [0.25, 0.3) is 17.4 Å². The predicted molar refractivity (Wildman–Crippen MR) is 145 cm³/mol. The van der Waals surface area contributed by atoms with Crippen molar-refractivity contribution in [3.8, 4) is 17.1 Å². The molecule has 1 atom stereocenters. The highest BCUT2D eigenvalue weighted by atomic mass is 35.5. The van der Waals surface area contributed by atoms with Crippen molar-refractivity contribution in [2.45, 2.75) is 13.0 Å². The molecule has 11 heteroatoms. The van der Waals surface area contributed by atoms with Crippen molar-refractivity contribution in [2.75, 3.05) is 14.2 Å². The number of carbonyl (C=O) groups excluding carboxylic acids is 1. The average molecular weight is 565 g/mol. The van der Waals surface area contributed by atoms with Crippen LogP contribution in [0.5, 0.6) is 5.75 Å². The number of allylic oxidation sites excluding steroid dienone is 1. The van der Waals surface area contributed by atoms with Gasteiger partial charge in [-0.2, -0.15) is 0 Å². The summed E-state index contributed by atoms with van der Waals surface area (Å²) in [7, 11) is 2.76. The number of ether oxygens (including phenoxy) is 2. The molecule has 1 aliphatic rings. The molecule has 0 saturated carbocycles. The van der Waals surface area contributed by atoms with E-state index >= 15 is 0 Å². The van der Waals surface area contributed by atoms with Gasteiger partial charge < -0.3 is 19.0 Å². The Labute approximate surface area is 230 Å². The molecular weight excluding hydrogens is 544 g/mol. The van der Waals surface area contributed by atoms with Crippen molar-refractivity contribution in [2.24, 2.45) is 4.99 Å². The minimum absolute atomic E-state index is 0.166. The summed E-state index contributed by atoms with van der Waals surface area (Å²) in [5.74, 6) is -0.270. The smallest absolute Gasteiger partial charge is 0.338 e. The number of benzene rings is 2. The summed E-state index contributed by atoms with van der Waals surface area (Å²) in [6, 6.07) is 13.8. The zero-order valence-electron chi connectivity index (χ0n) is 20.9. The lowest BCUT2D eigenvalue weighted by molar-refractivity contribution is -0.136. The van der Waals surface area contributed by atoms with E-state index < -0.39 is 18.0 Å². The Morgan fingerprint density at radius 3 is 2.54 bits per heavy atom. The van der Waals surface area contributed by atoms with Crippen LogP contribution in [0.15, 0.2) is 80.1 Å². The molecule has 0 aliphatic carbocycles. The molecule has 39 heavy (non-hydrogen) atoms. The van der Waals surface area contributed by atoms with Gasteiger partial charge in [0.15, 0.2) is 4.80 Å². The Kier molecular flexibility index (Phi) is 6.98. The van der Waals surface area contributed by atoms with Gasteiger partial charge in [-0.25, -0.2) is 14.6 Å². The number of carbonyl (C=O) groups is 2. The number of esters is 1. The quantitative estimate of drug-likeness (QED) is 0.351. The van der Waals surface area contributed by atoms with E-state index in [0.717, 1.165) is 11.3 Å². The number of rotatable bonds is 6. The Balaban J connectivity index is 1.64. The number of halogens is 1. The minimum Gasteiger partial charge on any atom is -0.496 e. The van der Waals surface area contributed by atoms with Crippen molar-refractivity contribution >= 4 is 41.0 Å². The summed E-state index contributed by atoms with van der Waals surface area (Å²) < 4.78 is 18.3. The number of fused-ring (bicyclic) bond motifs is 1. The van der Waals surface area contributed by atoms with Gasteiger partial charge in [0.05, 0.1) is 35.6 Å². The van der Waals surface area contributed by atoms with Gasteiger partial charge in [-0.05, 0) is 49.4 Å². The van der Waals surface area contributed by atoms with E-state index in [1.54, 1.807) is 55.5 Å². The summed E-state index contributed by atoms with van der Waals surface area (Å²) in [4.78, 5) is 42.7. The van der Waals surface area contributed by atoms with E-state index in [0.29, 0.717) is 48.5 Å². The number of carboxylic acid groups (broad SMARTS) is 1. The van der Waals surface area contributed by atoms with E-state index in [-0.39, 0.29) is 16.7 Å². The molecule has 0 unspecified atom stereocenters. The van der Waals surface area contributed by atoms with E-state index in [2.05, 4.69) is 4.99 Å². The Morgan fingerprint density at radius 1 is 1.13 bits per heavy atom. The van der Waals surface area contributed by atoms with Gasteiger partial charge in [-0.1, -0.05) is 35.1 Å². The van der Waals surface area contributed by atoms with Crippen molar-refractivity contribution in [3.63, 3.8) is 0 Å². The van der Waals surface area contributed by atoms with E-state index in [9.17, 15) is 14.4 Å². The zero-order valence-corrected chi connectivity index (χ0v) is 22.5. The first-order valence-electron chi connectivity index (χ1n) is 11.6. The molecule has 0 spiro atoms. The summed E-state index contributed by atoms with van der Waals surface area (Å²) in [6.45, 7) is 1.68. The number of hydrogen-bond donors (Lipinski definition) is 1. The van der Waals surface area contributed by atoms with Crippen LogP contribution in [-0.4, -0.2) is 35.8 Å². The molecule has 0 saturated heterocycles. The molecule has 0 bridgehead atoms. The molecule has 0 radical (unpaired) electrons. The normalized spacial score (nSPS) is 15.1. The number of aromatic carboxylic acids is 1. The molecule has 2 aromatic carbocycles. The van der Waals surface area contributed by atoms with Gasteiger partial charge in [0.1, 0.15) is 23.3 Å². The Morgan fingerprint density at radius 2 is 1.87 bits per heavy atom. The molecule has 5 rings (SSSR count). The van der Waals surface area contributed by atoms with Crippen molar-refractivity contribution in [3.05, 3.63) is 107 Å². The van der Waals surface area contributed by atoms with Crippen LogP contribution in [0.3, 0.4) is 0 Å². The molecule has 1 aliphatic heterocycles. The summed E-state index contributed by atoms with van der Waals surface area (Å²) >= 11 is 7.45. The standard InChI is InChI=1S/C28H21ClN2O7S/c1-14-23(27(35)37-3)24(19-12-17(29)8-10-21(19)36-2)31-25(32)22(39-28(31)30-14)13-18-9-11-20(38-18)15-4-6-16(7-5-15)26(33)34/h4-13,24H,1-3H3,(H,33,34)/b22-13-/t24-/m1/s1. The SMILES string of the molecule is COC(=O)C1=C(C)N=c2s/c(=C\c3ccc(-c4ccc(C(=O)O)cc4)o3)c(=O)n2[C@@H]1c1cc(Cl)ccc1OC. The van der Waals surface area contributed by atoms with E-state index in [1.807, 2.05) is 0 Å². The second-order valence-electron chi connectivity index (χ2n) is 8.54. The van der Waals surface area contributed by atoms with Crippen molar-refractivity contribution in [1.29, 1.82) is 0 Å². The molecule has 9 nitrogen and oxygen atoms in total. The second-order valence-corrected chi connectivity index (χ2v) is 9.99. The maximum Gasteiger partial charge on any atom is 0.338 e. The first-order chi connectivity index (χ1) is 18.7. The summed E-state index contributed by atoms with van der Waals surface area (Å²) in [6.07, 6.45) is 1.60. The molecule has 198 valence electrons. The van der Waals surface area contributed by atoms with E-state index in [1.165, 1.54) is 30.9 Å². The van der Waals surface area contributed by atoms with Gasteiger partial charge in [-0.15, -0.1) is 0 Å². The number of furan rings is 1. The van der Waals surface area contributed by atoms with E-state index in [4.69, 9.17) is 30.6 Å². The summed E-state index contributed by atoms with van der Waals surface area (Å²) in [5.41, 5.74) is 1.58. The third-order valence-corrected chi connectivity index (χ3v) is 7.45. The maximum atomic E-state index is 13.8. The number of nitrogens with zero attached hydrogens (tertiary/aromatic N) is 2. The fourth-order valence-electron chi connectivity index (χ4n) is 4.40. The number of carboxylic acids is 1. The molecule has 0 fully saturated rings. The maximum absolute atomic E-state index is 13.8. The third kappa shape index (κ3) is 4.80. The van der Waals surface area contributed by atoms with Crippen LogP contribution in [0.4, 0.5) is 0 Å². The lowest BCUT2D eigenvalue weighted by atomic mass is 9.95. The number of methoxy groups -OCH3 is 2. The first-order valence-corrected chi connectivity index (χ1v) is 12.8. The molecule has 0 amide bonds. The largest absolute Gasteiger partial charge is 0.496 e. The molecular formula is C28H21ClN2O7S. The number of aromatic nitrogens is 1. The minimum atomic E-state index is -1.02. The van der Waals surface area contributed by atoms with Crippen molar-refractivity contribution < 1.29 is 28.6 Å². The van der Waals surface area contributed by atoms with Gasteiger partial charge in [0, 0.05) is 22.2 Å². The van der Waals surface area contributed by atoms with Gasteiger partial charge in [-0.3, -0.25) is 9.36 Å². The van der Waals surface area contributed by atoms with Gasteiger partial charge in [0.2, 0.25) is 0 Å². The highest BCUT2D eigenvalue weighted by Gasteiger charge is 2.35. The van der Waals surface area contributed by atoms with Crippen LogP contribution in [-0.2, 0) is 9.53 Å². The molecule has 3 heterocycles. The lowest BCUT2D eigenvalue weighted by Crippen LogP contribution is -2.40. The second kappa shape index (κ2) is 10.4. The van der Waals surface area contributed by atoms with Crippen LogP contribution >= 0.6 is 22.9 Å². The monoisotopic (exact) mass is 564 g/mol. The fourth-order valence-corrected chi connectivity index (χ4v) is 5.60. The molecule has 2 aromatic heterocycles. The van der Waals surface area contributed by atoms with Gasteiger partial charge in [0.25, 0.3) is 5.56 Å². The van der Waals surface area contributed by atoms with Crippen LogP contribution < -0.4 is 19.6 Å². The van der Waals surface area contributed by atoms with Crippen LogP contribution in [0.1, 0.15) is 34.6 Å².